The summed E-state index contributed by atoms with van der Waals surface area (Å²) in [5.41, 5.74) is 1.57. The highest BCUT2D eigenvalue weighted by atomic mass is 35.5. The van der Waals surface area contributed by atoms with Gasteiger partial charge in [0.1, 0.15) is 11.6 Å². The number of carbonyl (C=O) groups excluding carboxylic acids is 1. The average molecular weight is 308 g/mol. The van der Waals surface area contributed by atoms with Crippen molar-refractivity contribution in [2.45, 2.75) is 19.9 Å². The van der Waals surface area contributed by atoms with Crippen LogP contribution in [0.25, 0.3) is 0 Å². The van der Waals surface area contributed by atoms with Crippen LogP contribution in [0.4, 0.5) is 4.39 Å². The summed E-state index contributed by atoms with van der Waals surface area (Å²) >= 11 is 5.77. The molecule has 1 atom stereocenters. The number of aryl methyl sites for hydroxylation is 1. The third-order valence-corrected chi connectivity index (χ3v) is 3.56. The van der Waals surface area contributed by atoms with Gasteiger partial charge in [0, 0.05) is 5.56 Å². The van der Waals surface area contributed by atoms with Crippen LogP contribution in [0.3, 0.4) is 0 Å². The molecule has 1 amide bonds. The van der Waals surface area contributed by atoms with E-state index in [1.807, 2.05) is 0 Å². The highest BCUT2D eigenvalue weighted by Gasteiger charge is 2.13. The van der Waals surface area contributed by atoms with E-state index in [-0.39, 0.29) is 28.5 Å². The maximum absolute atomic E-state index is 13.5. The van der Waals surface area contributed by atoms with Gasteiger partial charge in [0.2, 0.25) is 0 Å². The lowest BCUT2D eigenvalue weighted by atomic mass is 10.1. The second-order valence-electron chi connectivity index (χ2n) is 4.87. The molecule has 21 heavy (non-hydrogen) atoms. The van der Waals surface area contributed by atoms with Crippen molar-refractivity contribution < 1.29 is 14.3 Å². The maximum Gasteiger partial charge on any atom is 0.251 e. The molecule has 2 rings (SSSR count). The zero-order valence-electron chi connectivity index (χ0n) is 11.7. The van der Waals surface area contributed by atoms with Crippen molar-refractivity contribution in [3.63, 3.8) is 0 Å². The molecule has 0 radical (unpaired) electrons. The molecule has 2 aromatic carbocycles. The second-order valence-corrected chi connectivity index (χ2v) is 5.28. The molecule has 0 fully saturated rings. The smallest absolute Gasteiger partial charge is 0.251 e. The molecule has 1 unspecified atom stereocenters. The number of carbonyl (C=O) groups is 1. The molecule has 0 aliphatic heterocycles. The first-order valence-electron chi connectivity index (χ1n) is 6.44. The number of benzene rings is 2. The summed E-state index contributed by atoms with van der Waals surface area (Å²) in [4.78, 5) is 12.1. The van der Waals surface area contributed by atoms with Gasteiger partial charge in [-0.15, -0.1) is 0 Å². The van der Waals surface area contributed by atoms with E-state index >= 15 is 0 Å². The summed E-state index contributed by atoms with van der Waals surface area (Å²) in [6, 6.07) is 8.71. The Morgan fingerprint density at radius 2 is 2.00 bits per heavy atom. The number of amides is 1. The molecule has 0 aliphatic rings. The minimum absolute atomic E-state index is 0.0816. The molecule has 5 heteroatoms. The SMILES string of the molecule is Cc1ccc(C(C)NC(=O)c2ccc(O)c(Cl)c2)cc1F. The number of halogens is 2. The molecular weight excluding hydrogens is 293 g/mol. The van der Waals surface area contributed by atoms with Crippen molar-refractivity contribution in [2.75, 3.05) is 0 Å². The largest absolute Gasteiger partial charge is 0.506 e. The van der Waals surface area contributed by atoms with Gasteiger partial charge in [-0.25, -0.2) is 4.39 Å². The Kier molecular flexibility index (Phi) is 4.48. The van der Waals surface area contributed by atoms with Crippen LogP contribution in [0, 0.1) is 12.7 Å². The number of hydrogen-bond acceptors (Lipinski definition) is 2. The second kappa shape index (κ2) is 6.14. The summed E-state index contributed by atoms with van der Waals surface area (Å²) in [7, 11) is 0. The lowest BCUT2D eigenvalue weighted by Gasteiger charge is -2.15. The zero-order valence-corrected chi connectivity index (χ0v) is 12.4. The molecule has 0 bridgehead atoms. The topological polar surface area (TPSA) is 49.3 Å². The lowest BCUT2D eigenvalue weighted by molar-refractivity contribution is 0.0940. The Morgan fingerprint density at radius 3 is 2.62 bits per heavy atom. The third-order valence-electron chi connectivity index (χ3n) is 3.25. The van der Waals surface area contributed by atoms with E-state index in [1.54, 1.807) is 26.0 Å². The summed E-state index contributed by atoms with van der Waals surface area (Å²) < 4.78 is 13.5. The normalized spacial score (nSPS) is 12.0. The Hall–Kier alpha value is -2.07. The van der Waals surface area contributed by atoms with Gasteiger partial charge in [-0.3, -0.25) is 4.79 Å². The molecule has 2 aromatic rings. The van der Waals surface area contributed by atoms with Crippen LogP contribution in [0.2, 0.25) is 5.02 Å². The number of nitrogens with one attached hydrogen (secondary N) is 1. The van der Waals surface area contributed by atoms with E-state index in [4.69, 9.17) is 11.6 Å². The summed E-state index contributed by atoms with van der Waals surface area (Å²) in [5, 5.41) is 12.2. The Morgan fingerprint density at radius 1 is 1.29 bits per heavy atom. The lowest BCUT2D eigenvalue weighted by Crippen LogP contribution is -2.26. The first-order valence-corrected chi connectivity index (χ1v) is 6.81. The minimum atomic E-state index is -0.347. The van der Waals surface area contributed by atoms with E-state index in [0.29, 0.717) is 16.7 Å². The van der Waals surface area contributed by atoms with E-state index in [9.17, 15) is 14.3 Å². The minimum Gasteiger partial charge on any atom is -0.506 e. The molecular formula is C16H15ClFNO2. The Balaban J connectivity index is 2.14. The third kappa shape index (κ3) is 3.52. The van der Waals surface area contributed by atoms with Crippen molar-refractivity contribution in [2.24, 2.45) is 0 Å². The van der Waals surface area contributed by atoms with Gasteiger partial charge in [-0.1, -0.05) is 23.7 Å². The summed E-state index contributed by atoms with van der Waals surface area (Å²) in [6.45, 7) is 3.45. The van der Waals surface area contributed by atoms with Crippen LogP contribution in [-0.2, 0) is 0 Å². The van der Waals surface area contributed by atoms with Crippen LogP contribution in [0.1, 0.15) is 34.5 Å². The molecule has 0 saturated heterocycles. The van der Waals surface area contributed by atoms with E-state index in [2.05, 4.69) is 5.32 Å². The number of phenolic OH excluding ortho intramolecular Hbond substituents is 1. The molecule has 0 aromatic heterocycles. The van der Waals surface area contributed by atoms with Crippen molar-refractivity contribution in [1.29, 1.82) is 0 Å². The highest BCUT2D eigenvalue weighted by molar-refractivity contribution is 6.32. The standard InChI is InChI=1S/C16H15ClFNO2/c1-9-3-4-11(8-14(9)18)10(2)19-16(21)12-5-6-15(20)13(17)7-12/h3-8,10,20H,1-2H3,(H,19,21). The first-order chi connectivity index (χ1) is 9.88. The molecule has 110 valence electrons. The van der Waals surface area contributed by atoms with Crippen LogP contribution in [0.15, 0.2) is 36.4 Å². The predicted octanol–water partition coefficient (Wildman–Crippen LogP) is 3.98. The van der Waals surface area contributed by atoms with Gasteiger partial charge >= 0.3 is 0 Å². The van der Waals surface area contributed by atoms with Crippen molar-refractivity contribution in [1.82, 2.24) is 5.32 Å². The van der Waals surface area contributed by atoms with Gasteiger partial charge in [-0.2, -0.15) is 0 Å². The molecule has 0 spiro atoms. The average Bonchev–Trinajstić information content (AvgIpc) is 2.44. The molecule has 3 nitrogen and oxygen atoms in total. The van der Waals surface area contributed by atoms with Gasteiger partial charge in [-0.05, 0) is 49.2 Å². The number of phenols is 1. The highest BCUT2D eigenvalue weighted by Crippen LogP contribution is 2.24. The van der Waals surface area contributed by atoms with Gasteiger partial charge in [0.25, 0.3) is 5.91 Å². The predicted molar refractivity (Wildman–Crippen MR) is 80.1 cm³/mol. The number of rotatable bonds is 3. The fourth-order valence-corrected chi connectivity index (χ4v) is 2.07. The summed E-state index contributed by atoms with van der Waals surface area (Å²) in [6.07, 6.45) is 0. The first kappa shape index (κ1) is 15.3. The molecule has 0 saturated carbocycles. The van der Waals surface area contributed by atoms with Crippen LogP contribution < -0.4 is 5.32 Å². The van der Waals surface area contributed by atoms with Crippen LogP contribution in [0.5, 0.6) is 5.75 Å². The Bertz CT molecular complexity index is 688. The quantitative estimate of drug-likeness (QED) is 0.901. The van der Waals surface area contributed by atoms with Crippen LogP contribution >= 0.6 is 11.6 Å². The molecule has 0 heterocycles. The molecule has 2 N–H and O–H groups in total. The van der Waals surface area contributed by atoms with Crippen molar-refractivity contribution in [3.8, 4) is 5.75 Å². The van der Waals surface area contributed by atoms with Crippen molar-refractivity contribution in [3.05, 3.63) is 63.9 Å². The summed E-state index contributed by atoms with van der Waals surface area (Å²) in [5.74, 6) is -0.728. The number of hydrogen-bond donors (Lipinski definition) is 2. The molecule has 0 aliphatic carbocycles. The van der Waals surface area contributed by atoms with Gasteiger partial charge in [0.05, 0.1) is 11.1 Å². The fraction of sp³-hybridized carbons (Fsp3) is 0.188. The monoisotopic (exact) mass is 307 g/mol. The number of aromatic hydroxyl groups is 1. The van der Waals surface area contributed by atoms with Crippen molar-refractivity contribution >= 4 is 17.5 Å². The van der Waals surface area contributed by atoms with E-state index in [1.165, 1.54) is 24.3 Å². The van der Waals surface area contributed by atoms with E-state index in [0.717, 1.165) is 0 Å². The van der Waals surface area contributed by atoms with Crippen LogP contribution in [-0.4, -0.2) is 11.0 Å². The van der Waals surface area contributed by atoms with Gasteiger partial charge < -0.3 is 10.4 Å². The van der Waals surface area contributed by atoms with Gasteiger partial charge in [0.15, 0.2) is 0 Å². The Labute approximate surface area is 127 Å². The maximum atomic E-state index is 13.5. The fourth-order valence-electron chi connectivity index (χ4n) is 1.89. The van der Waals surface area contributed by atoms with E-state index < -0.39 is 0 Å². The zero-order chi connectivity index (χ0) is 15.6.